The quantitative estimate of drug-likeness (QED) is 0.104. The van der Waals surface area contributed by atoms with Crippen molar-refractivity contribution in [1.29, 1.82) is 10.5 Å². The maximum atomic E-state index is 11.0. The summed E-state index contributed by atoms with van der Waals surface area (Å²) in [6.45, 7) is 0.266. The molecule has 0 atom stereocenters. The molecule has 31 heavy (non-hydrogen) atoms. The van der Waals surface area contributed by atoms with Crippen LogP contribution < -0.4 is 4.74 Å². The van der Waals surface area contributed by atoms with Crippen LogP contribution in [0.1, 0.15) is 22.3 Å². The summed E-state index contributed by atoms with van der Waals surface area (Å²) in [5, 5.41) is 29.8. The molecule has 0 N–H and O–H groups in total. The van der Waals surface area contributed by atoms with Crippen LogP contribution in [-0.4, -0.2) is 4.92 Å². The molecule has 3 aromatic rings. The number of hydrogen-bond donors (Lipinski definition) is 0. The van der Waals surface area contributed by atoms with E-state index in [-0.39, 0.29) is 12.3 Å². The first-order valence-corrected chi connectivity index (χ1v) is 11.0. The highest BCUT2D eigenvalue weighted by molar-refractivity contribution is 14.1. The Balaban J connectivity index is 1.89. The standard InChI is InChI=1S/C23H13I2N3O3/c24-21-9-15(8-19(13-27)16-6-3-7-20(11-16)28(29)30)10-22(25)23(21)31-14-18-5-2-1-4-17(18)12-26/h1-11H,14H2/b19-8-. The fourth-order valence-corrected chi connectivity index (χ4v) is 4.97. The van der Waals surface area contributed by atoms with E-state index in [1.54, 1.807) is 24.3 Å². The van der Waals surface area contributed by atoms with Crippen LogP contribution >= 0.6 is 45.2 Å². The Kier molecular flexibility index (Phi) is 7.60. The summed E-state index contributed by atoms with van der Waals surface area (Å²) in [5.41, 5.74) is 2.90. The number of halogens is 2. The summed E-state index contributed by atoms with van der Waals surface area (Å²) in [5.74, 6) is 0.694. The fourth-order valence-electron chi connectivity index (χ4n) is 2.84. The molecule has 3 aromatic carbocycles. The van der Waals surface area contributed by atoms with Crippen LogP contribution in [-0.2, 0) is 6.61 Å². The number of ether oxygens (including phenoxy) is 1. The van der Waals surface area contributed by atoms with Gasteiger partial charge in [0, 0.05) is 17.7 Å². The Morgan fingerprint density at radius 1 is 1.06 bits per heavy atom. The molecule has 3 rings (SSSR count). The molecule has 0 unspecified atom stereocenters. The van der Waals surface area contributed by atoms with Crippen LogP contribution in [0.2, 0.25) is 0 Å². The first kappa shape index (κ1) is 22.7. The van der Waals surface area contributed by atoms with Gasteiger partial charge in [-0.25, -0.2) is 0 Å². The van der Waals surface area contributed by atoms with Crippen LogP contribution in [0.3, 0.4) is 0 Å². The monoisotopic (exact) mass is 633 g/mol. The van der Waals surface area contributed by atoms with Crippen LogP contribution in [0, 0.1) is 39.9 Å². The maximum absolute atomic E-state index is 11.0. The van der Waals surface area contributed by atoms with Gasteiger partial charge in [0.05, 0.1) is 35.3 Å². The molecule has 0 aliphatic carbocycles. The van der Waals surface area contributed by atoms with Gasteiger partial charge in [0.1, 0.15) is 12.4 Å². The minimum atomic E-state index is -0.485. The normalized spacial score (nSPS) is 10.8. The smallest absolute Gasteiger partial charge is 0.270 e. The molecule has 0 aliphatic rings. The van der Waals surface area contributed by atoms with Crippen molar-refractivity contribution < 1.29 is 9.66 Å². The van der Waals surface area contributed by atoms with E-state index in [0.29, 0.717) is 22.4 Å². The molecule has 6 nitrogen and oxygen atoms in total. The summed E-state index contributed by atoms with van der Waals surface area (Å²) in [7, 11) is 0. The number of nitro benzene ring substituents is 1. The predicted octanol–water partition coefficient (Wildman–Crippen LogP) is 6.32. The second-order valence-corrected chi connectivity index (χ2v) is 8.67. The molecule has 152 valence electrons. The molecular formula is C23H13I2N3O3. The lowest BCUT2D eigenvalue weighted by Crippen LogP contribution is -2.01. The average Bonchev–Trinajstić information content (AvgIpc) is 2.77. The van der Waals surface area contributed by atoms with Crippen molar-refractivity contribution >= 4 is 62.5 Å². The molecule has 0 saturated heterocycles. The van der Waals surface area contributed by atoms with Crippen LogP contribution in [0.15, 0.2) is 60.7 Å². The van der Waals surface area contributed by atoms with Gasteiger partial charge >= 0.3 is 0 Å². The molecule has 0 saturated carbocycles. The second kappa shape index (κ2) is 10.4. The largest absolute Gasteiger partial charge is 0.487 e. The third-order valence-corrected chi connectivity index (χ3v) is 5.93. The zero-order chi connectivity index (χ0) is 22.4. The number of nitro groups is 1. The van der Waals surface area contributed by atoms with Gasteiger partial charge in [0.15, 0.2) is 0 Å². The van der Waals surface area contributed by atoms with Gasteiger partial charge in [0.25, 0.3) is 5.69 Å². The lowest BCUT2D eigenvalue weighted by Gasteiger charge is -2.12. The molecule has 0 aromatic heterocycles. The van der Waals surface area contributed by atoms with Crippen molar-refractivity contribution in [1.82, 2.24) is 0 Å². The first-order valence-electron chi connectivity index (χ1n) is 8.89. The van der Waals surface area contributed by atoms with Crippen molar-refractivity contribution in [2.24, 2.45) is 0 Å². The Morgan fingerprint density at radius 2 is 1.77 bits per heavy atom. The Morgan fingerprint density at radius 3 is 2.42 bits per heavy atom. The van der Waals surface area contributed by atoms with E-state index in [0.717, 1.165) is 18.3 Å². The van der Waals surface area contributed by atoms with Crippen molar-refractivity contribution in [3.8, 4) is 17.9 Å². The van der Waals surface area contributed by atoms with Crippen LogP contribution in [0.25, 0.3) is 11.6 Å². The highest BCUT2D eigenvalue weighted by Gasteiger charge is 2.12. The number of hydrogen-bond acceptors (Lipinski definition) is 5. The molecule has 0 fully saturated rings. The summed E-state index contributed by atoms with van der Waals surface area (Å²) < 4.78 is 7.68. The Bertz CT molecular complexity index is 1250. The number of nitrogens with zero attached hydrogens (tertiary/aromatic N) is 3. The molecule has 0 heterocycles. The van der Waals surface area contributed by atoms with E-state index >= 15 is 0 Å². The predicted molar refractivity (Wildman–Crippen MR) is 134 cm³/mol. The summed E-state index contributed by atoms with van der Waals surface area (Å²) in [6.07, 6.45) is 1.69. The van der Waals surface area contributed by atoms with Gasteiger partial charge < -0.3 is 4.74 Å². The van der Waals surface area contributed by atoms with Crippen molar-refractivity contribution in [2.75, 3.05) is 0 Å². The number of allylic oxidation sites excluding steroid dienone is 1. The fraction of sp³-hybridized carbons (Fsp3) is 0.0435. The SMILES string of the molecule is N#C/C(=C/c1cc(I)c(OCc2ccccc2C#N)c(I)c1)c1cccc([N+](=O)[O-])c1. The van der Waals surface area contributed by atoms with Crippen molar-refractivity contribution in [2.45, 2.75) is 6.61 Å². The van der Waals surface area contributed by atoms with Crippen molar-refractivity contribution in [3.05, 3.63) is 100 Å². The number of nitriles is 2. The zero-order valence-corrected chi connectivity index (χ0v) is 20.2. The van der Waals surface area contributed by atoms with E-state index in [2.05, 4.69) is 57.3 Å². The second-order valence-electron chi connectivity index (χ2n) is 6.35. The van der Waals surface area contributed by atoms with Gasteiger partial charge in [-0.2, -0.15) is 10.5 Å². The lowest BCUT2D eigenvalue weighted by atomic mass is 10.0. The molecule has 8 heteroatoms. The van der Waals surface area contributed by atoms with Crippen LogP contribution in [0.4, 0.5) is 5.69 Å². The van der Waals surface area contributed by atoms with Gasteiger partial charge in [-0.05, 0) is 80.6 Å². The Hall–Kier alpha value is -2.96. The van der Waals surface area contributed by atoms with E-state index in [4.69, 9.17) is 4.74 Å². The molecule has 0 bridgehead atoms. The van der Waals surface area contributed by atoms with Gasteiger partial charge in [0.2, 0.25) is 0 Å². The number of non-ortho nitro benzene ring substituents is 1. The highest BCUT2D eigenvalue weighted by atomic mass is 127. The van der Waals surface area contributed by atoms with E-state index in [9.17, 15) is 20.6 Å². The summed E-state index contributed by atoms with van der Waals surface area (Å²) in [4.78, 5) is 10.5. The molecule has 0 radical (unpaired) electrons. The van der Waals surface area contributed by atoms with Gasteiger partial charge in [-0.1, -0.05) is 30.3 Å². The third-order valence-electron chi connectivity index (χ3n) is 4.33. The molecule has 0 spiro atoms. The average molecular weight is 633 g/mol. The van der Waals surface area contributed by atoms with Gasteiger partial charge in [-0.3, -0.25) is 10.1 Å². The van der Waals surface area contributed by atoms with E-state index in [1.165, 1.54) is 12.1 Å². The Labute approximate surface area is 206 Å². The lowest BCUT2D eigenvalue weighted by molar-refractivity contribution is -0.384. The summed E-state index contributed by atoms with van der Waals surface area (Å²) in [6, 6.07) is 21.3. The maximum Gasteiger partial charge on any atom is 0.270 e. The molecule has 0 amide bonds. The van der Waals surface area contributed by atoms with Gasteiger partial charge in [-0.15, -0.1) is 0 Å². The van der Waals surface area contributed by atoms with Crippen LogP contribution in [0.5, 0.6) is 5.75 Å². The molecular weight excluding hydrogens is 620 g/mol. The first-order chi connectivity index (χ1) is 14.9. The third kappa shape index (κ3) is 5.60. The highest BCUT2D eigenvalue weighted by Crippen LogP contribution is 2.32. The van der Waals surface area contributed by atoms with E-state index in [1.807, 2.05) is 30.3 Å². The summed E-state index contributed by atoms with van der Waals surface area (Å²) >= 11 is 4.33. The minimum Gasteiger partial charge on any atom is -0.487 e. The zero-order valence-electron chi connectivity index (χ0n) is 15.9. The minimum absolute atomic E-state index is 0.0655. The van der Waals surface area contributed by atoms with Crippen molar-refractivity contribution in [3.63, 3.8) is 0 Å². The van der Waals surface area contributed by atoms with E-state index < -0.39 is 4.92 Å². The number of benzene rings is 3. The molecule has 0 aliphatic heterocycles. The number of rotatable bonds is 6. The topological polar surface area (TPSA) is 99.9 Å².